The van der Waals surface area contributed by atoms with Crippen LogP contribution in [0.3, 0.4) is 0 Å². The predicted molar refractivity (Wildman–Crippen MR) is 61.6 cm³/mol. The van der Waals surface area contributed by atoms with Crippen molar-refractivity contribution in [2.45, 2.75) is 6.54 Å². The molecule has 16 heavy (non-hydrogen) atoms. The third-order valence-corrected chi connectivity index (χ3v) is 2.24. The number of halogens is 1. The number of nitrogens with two attached hydrogens (primary N) is 1. The number of rotatable bonds is 3. The van der Waals surface area contributed by atoms with Crippen LogP contribution in [-0.2, 0) is 6.54 Å². The van der Waals surface area contributed by atoms with Gasteiger partial charge in [-0.15, -0.1) is 0 Å². The first-order valence-electron chi connectivity index (χ1n) is 4.62. The van der Waals surface area contributed by atoms with Crippen LogP contribution in [0.15, 0.2) is 30.7 Å². The Morgan fingerprint density at radius 2 is 2.38 bits per heavy atom. The molecule has 3 N–H and O–H groups in total. The summed E-state index contributed by atoms with van der Waals surface area (Å²) in [6, 6.07) is 3.61. The molecule has 0 aliphatic rings. The zero-order valence-corrected chi connectivity index (χ0v) is 9.15. The summed E-state index contributed by atoms with van der Waals surface area (Å²) in [7, 11) is 0. The summed E-state index contributed by atoms with van der Waals surface area (Å²) in [5, 5.41) is 12.0. The van der Waals surface area contributed by atoms with Crippen molar-refractivity contribution in [3.8, 4) is 0 Å². The van der Waals surface area contributed by atoms with Crippen molar-refractivity contribution in [1.29, 1.82) is 5.41 Å². The van der Waals surface area contributed by atoms with Gasteiger partial charge in [0.05, 0.1) is 17.8 Å². The Bertz CT molecular complexity index is 519. The van der Waals surface area contributed by atoms with Crippen molar-refractivity contribution in [2.75, 3.05) is 0 Å². The van der Waals surface area contributed by atoms with Crippen LogP contribution in [0.2, 0.25) is 5.02 Å². The van der Waals surface area contributed by atoms with Crippen molar-refractivity contribution in [3.63, 3.8) is 0 Å². The molecule has 0 saturated carbocycles. The number of nitrogens with zero attached hydrogens (tertiary/aromatic N) is 3. The van der Waals surface area contributed by atoms with Gasteiger partial charge in [0.1, 0.15) is 11.5 Å². The highest BCUT2D eigenvalue weighted by Crippen LogP contribution is 2.08. The molecule has 0 fully saturated rings. The van der Waals surface area contributed by atoms with Crippen LogP contribution in [-0.4, -0.2) is 20.6 Å². The molecule has 2 heterocycles. The zero-order valence-electron chi connectivity index (χ0n) is 8.39. The Morgan fingerprint density at radius 3 is 3.00 bits per heavy atom. The average Bonchev–Trinajstić information content (AvgIpc) is 2.64. The maximum Gasteiger partial charge on any atom is 0.141 e. The molecule has 0 aromatic carbocycles. The molecule has 0 aliphatic carbocycles. The molecule has 6 heteroatoms. The normalized spacial score (nSPS) is 10.3. The van der Waals surface area contributed by atoms with E-state index in [1.807, 2.05) is 6.07 Å². The van der Waals surface area contributed by atoms with E-state index in [1.165, 1.54) is 0 Å². The summed E-state index contributed by atoms with van der Waals surface area (Å²) >= 11 is 5.76. The van der Waals surface area contributed by atoms with E-state index in [0.717, 1.165) is 5.56 Å². The van der Waals surface area contributed by atoms with Crippen LogP contribution in [0, 0.1) is 5.41 Å². The lowest BCUT2D eigenvalue weighted by molar-refractivity contribution is 0.686. The predicted octanol–water partition coefficient (Wildman–Crippen LogP) is 1.26. The Labute approximate surface area is 97.4 Å². The number of pyridine rings is 1. The van der Waals surface area contributed by atoms with Gasteiger partial charge in [-0.1, -0.05) is 11.6 Å². The smallest absolute Gasteiger partial charge is 0.141 e. The Balaban J connectivity index is 2.21. The second-order valence-electron chi connectivity index (χ2n) is 3.32. The van der Waals surface area contributed by atoms with E-state index in [4.69, 9.17) is 22.7 Å². The van der Waals surface area contributed by atoms with E-state index < -0.39 is 0 Å². The molecular formula is C10H10ClN5. The Morgan fingerprint density at radius 1 is 1.56 bits per heavy atom. The molecule has 0 unspecified atom stereocenters. The molecule has 82 valence electrons. The molecule has 0 spiro atoms. The van der Waals surface area contributed by atoms with Crippen molar-refractivity contribution >= 4 is 17.4 Å². The van der Waals surface area contributed by atoms with Gasteiger partial charge in [0, 0.05) is 12.4 Å². The molecule has 2 rings (SSSR count). The standard InChI is InChI=1S/C10H10ClN5/c11-8-4-15-16(6-8)5-7-1-2-14-9(3-7)10(12)13/h1-4,6H,5H2,(H3,12,13). The molecule has 0 radical (unpaired) electrons. The van der Waals surface area contributed by atoms with Crippen LogP contribution < -0.4 is 5.73 Å². The minimum absolute atomic E-state index is 0.0413. The quantitative estimate of drug-likeness (QED) is 0.621. The van der Waals surface area contributed by atoms with Gasteiger partial charge in [0.25, 0.3) is 0 Å². The highest BCUT2D eigenvalue weighted by Gasteiger charge is 2.02. The van der Waals surface area contributed by atoms with Crippen LogP contribution >= 0.6 is 11.6 Å². The second kappa shape index (κ2) is 4.32. The molecule has 0 atom stereocenters. The molecule has 0 aliphatic heterocycles. The maximum atomic E-state index is 7.29. The molecule has 0 saturated heterocycles. The Kier molecular flexibility index (Phi) is 2.87. The lowest BCUT2D eigenvalue weighted by atomic mass is 10.2. The largest absolute Gasteiger partial charge is 0.382 e. The van der Waals surface area contributed by atoms with E-state index in [9.17, 15) is 0 Å². The first-order chi connectivity index (χ1) is 7.65. The number of hydrogen-bond donors (Lipinski definition) is 2. The van der Waals surface area contributed by atoms with Crippen LogP contribution in [0.4, 0.5) is 0 Å². The van der Waals surface area contributed by atoms with Gasteiger partial charge in [-0.25, -0.2) is 0 Å². The molecule has 2 aromatic heterocycles. The van der Waals surface area contributed by atoms with Gasteiger partial charge < -0.3 is 5.73 Å². The number of aromatic nitrogens is 3. The van der Waals surface area contributed by atoms with E-state index in [-0.39, 0.29) is 5.84 Å². The van der Waals surface area contributed by atoms with Gasteiger partial charge in [-0.2, -0.15) is 5.10 Å². The number of nitrogens with one attached hydrogen (secondary N) is 1. The van der Waals surface area contributed by atoms with Crippen molar-refractivity contribution in [1.82, 2.24) is 14.8 Å². The molecular weight excluding hydrogens is 226 g/mol. The Hall–Kier alpha value is -1.88. The lowest BCUT2D eigenvalue weighted by Crippen LogP contribution is -2.13. The second-order valence-corrected chi connectivity index (χ2v) is 3.76. The van der Waals surface area contributed by atoms with Gasteiger partial charge in [-0.05, 0) is 17.7 Å². The van der Waals surface area contributed by atoms with Crippen LogP contribution in [0.25, 0.3) is 0 Å². The van der Waals surface area contributed by atoms with Crippen LogP contribution in [0.1, 0.15) is 11.3 Å². The molecule has 0 amide bonds. The van der Waals surface area contributed by atoms with E-state index in [0.29, 0.717) is 17.3 Å². The van der Waals surface area contributed by atoms with E-state index in [1.54, 1.807) is 29.3 Å². The minimum Gasteiger partial charge on any atom is -0.382 e. The van der Waals surface area contributed by atoms with Crippen molar-refractivity contribution in [3.05, 3.63) is 47.0 Å². The summed E-state index contributed by atoms with van der Waals surface area (Å²) in [6.07, 6.45) is 4.93. The average molecular weight is 236 g/mol. The fraction of sp³-hybridized carbons (Fsp3) is 0.100. The fourth-order valence-electron chi connectivity index (χ4n) is 1.33. The van der Waals surface area contributed by atoms with Gasteiger partial charge in [0.15, 0.2) is 0 Å². The first-order valence-corrected chi connectivity index (χ1v) is 5.00. The van der Waals surface area contributed by atoms with Crippen molar-refractivity contribution in [2.24, 2.45) is 5.73 Å². The zero-order chi connectivity index (χ0) is 11.5. The topological polar surface area (TPSA) is 80.6 Å². The number of nitrogen functional groups attached to an aromatic ring is 1. The number of amidine groups is 1. The monoisotopic (exact) mass is 235 g/mol. The van der Waals surface area contributed by atoms with Gasteiger partial charge in [-0.3, -0.25) is 15.1 Å². The van der Waals surface area contributed by atoms with Crippen LogP contribution in [0.5, 0.6) is 0 Å². The van der Waals surface area contributed by atoms with Crippen molar-refractivity contribution < 1.29 is 0 Å². The van der Waals surface area contributed by atoms with E-state index >= 15 is 0 Å². The molecule has 2 aromatic rings. The third kappa shape index (κ3) is 2.38. The summed E-state index contributed by atoms with van der Waals surface area (Å²) in [5.74, 6) is -0.0413. The summed E-state index contributed by atoms with van der Waals surface area (Å²) in [6.45, 7) is 0.579. The summed E-state index contributed by atoms with van der Waals surface area (Å²) in [5.41, 5.74) is 6.80. The number of hydrogen-bond acceptors (Lipinski definition) is 3. The summed E-state index contributed by atoms with van der Waals surface area (Å²) < 4.78 is 1.71. The van der Waals surface area contributed by atoms with Gasteiger partial charge >= 0.3 is 0 Å². The van der Waals surface area contributed by atoms with Gasteiger partial charge in [0.2, 0.25) is 0 Å². The summed E-state index contributed by atoms with van der Waals surface area (Å²) in [4.78, 5) is 3.98. The van der Waals surface area contributed by atoms with E-state index in [2.05, 4.69) is 10.1 Å². The first kappa shape index (κ1) is 10.6. The SMILES string of the molecule is N=C(N)c1cc(Cn2cc(Cl)cn2)ccn1. The maximum absolute atomic E-state index is 7.29. The molecule has 0 bridgehead atoms. The highest BCUT2D eigenvalue weighted by atomic mass is 35.5. The minimum atomic E-state index is -0.0413. The fourth-order valence-corrected chi connectivity index (χ4v) is 1.49. The highest BCUT2D eigenvalue weighted by molar-refractivity contribution is 6.30. The lowest BCUT2D eigenvalue weighted by Gasteiger charge is -2.03. The molecule has 5 nitrogen and oxygen atoms in total. The third-order valence-electron chi connectivity index (χ3n) is 2.05.